The maximum absolute atomic E-state index is 13.5. The van der Waals surface area contributed by atoms with Crippen molar-refractivity contribution in [1.82, 2.24) is 5.32 Å². The van der Waals surface area contributed by atoms with Gasteiger partial charge in [0.1, 0.15) is 5.82 Å². The van der Waals surface area contributed by atoms with Crippen LogP contribution in [0.2, 0.25) is 0 Å². The topological polar surface area (TPSA) is 32.3 Å². The highest BCUT2D eigenvalue weighted by molar-refractivity contribution is 5.85. The predicted octanol–water partition coefficient (Wildman–Crippen LogP) is 0.804. The maximum atomic E-state index is 13.5. The minimum absolute atomic E-state index is 0.0933. The van der Waals surface area contributed by atoms with Gasteiger partial charge in [-0.3, -0.25) is 4.79 Å². The molecule has 1 saturated heterocycles. The highest BCUT2D eigenvalue weighted by Crippen LogP contribution is 2.18. The van der Waals surface area contributed by atoms with Gasteiger partial charge >= 0.3 is 0 Å². The molecule has 1 N–H and O–H groups in total. The zero-order valence-corrected chi connectivity index (χ0v) is 8.37. The van der Waals surface area contributed by atoms with Crippen LogP contribution in [0.3, 0.4) is 0 Å². The summed E-state index contributed by atoms with van der Waals surface area (Å²) >= 11 is 0. The summed E-state index contributed by atoms with van der Waals surface area (Å²) in [7, 11) is 0. The first-order chi connectivity index (χ1) is 7.27. The predicted molar refractivity (Wildman–Crippen MR) is 56.5 cm³/mol. The molecule has 80 valence electrons. The Morgan fingerprint density at radius 1 is 1.33 bits per heavy atom. The normalized spacial score (nSPS) is 17.7. The fraction of sp³-hybridized carbons (Fsp3) is 0.364. The monoisotopic (exact) mass is 208 g/mol. The van der Waals surface area contributed by atoms with Gasteiger partial charge in [-0.15, -0.1) is 0 Å². The number of nitrogens with one attached hydrogen (secondary N) is 1. The van der Waals surface area contributed by atoms with E-state index in [9.17, 15) is 9.18 Å². The Morgan fingerprint density at radius 2 is 2.13 bits per heavy atom. The third kappa shape index (κ3) is 2.33. The molecular weight excluding hydrogens is 195 g/mol. The Kier molecular flexibility index (Phi) is 2.97. The van der Waals surface area contributed by atoms with E-state index in [-0.39, 0.29) is 18.1 Å². The number of nitrogens with zero attached hydrogens (tertiary/aromatic N) is 1. The average molecular weight is 208 g/mol. The molecule has 4 heteroatoms. The number of Topliss-reactive ketones (excluding diaryl/α,β-unsaturated/α-hetero) is 1. The zero-order chi connectivity index (χ0) is 10.7. The summed E-state index contributed by atoms with van der Waals surface area (Å²) < 4.78 is 13.5. The average Bonchev–Trinajstić information content (AvgIpc) is 2.43. The molecule has 0 atom stereocenters. The molecule has 0 aliphatic carbocycles. The van der Waals surface area contributed by atoms with Gasteiger partial charge in [0, 0.05) is 13.1 Å². The highest BCUT2D eigenvalue weighted by Gasteiger charge is 2.17. The van der Waals surface area contributed by atoms with Crippen molar-refractivity contribution < 1.29 is 9.18 Å². The molecule has 1 aliphatic heterocycles. The number of ketones is 1. The first kappa shape index (κ1) is 10.1. The Labute approximate surface area is 87.9 Å². The lowest BCUT2D eigenvalue weighted by Crippen LogP contribution is -2.30. The fourth-order valence-electron chi connectivity index (χ4n) is 1.70. The molecule has 1 heterocycles. The van der Waals surface area contributed by atoms with Crippen LogP contribution in [0.5, 0.6) is 0 Å². The van der Waals surface area contributed by atoms with E-state index in [1.165, 1.54) is 6.07 Å². The van der Waals surface area contributed by atoms with E-state index in [0.717, 1.165) is 0 Å². The molecule has 0 unspecified atom stereocenters. The van der Waals surface area contributed by atoms with Crippen LogP contribution in [0.25, 0.3) is 0 Å². The molecule has 0 radical (unpaired) electrons. The van der Waals surface area contributed by atoms with Gasteiger partial charge in [-0.1, -0.05) is 12.1 Å². The smallest absolute Gasteiger partial charge is 0.165 e. The summed E-state index contributed by atoms with van der Waals surface area (Å²) in [5.41, 5.74) is 0.509. The molecule has 0 saturated carbocycles. The van der Waals surface area contributed by atoms with Crippen LogP contribution in [0.15, 0.2) is 24.3 Å². The van der Waals surface area contributed by atoms with Gasteiger partial charge in [-0.25, -0.2) is 4.39 Å². The summed E-state index contributed by atoms with van der Waals surface area (Å²) in [6, 6.07) is 6.55. The van der Waals surface area contributed by atoms with Crippen LogP contribution < -0.4 is 10.2 Å². The van der Waals surface area contributed by atoms with E-state index in [4.69, 9.17) is 0 Å². The third-order valence-corrected chi connectivity index (χ3v) is 2.44. The van der Waals surface area contributed by atoms with Gasteiger partial charge in [0.25, 0.3) is 0 Å². The van der Waals surface area contributed by atoms with Crippen LogP contribution in [0.1, 0.15) is 0 Å². The minimum Gasteiger partial charge on any atom is -0.361 e. The van der Waals surface area contributed by atoms with Gasteiger partial charge in [-0.05, 0) is 12.1 Å². The number of halogens is 1. The van der Waals surface area contributed by atoms with Crippen molar-refractivity contribution in [3.63, 3.8) is 0 Å². The van der Waals surface area contributed by atoms with E-state index in [2.05, 4.69) is 5.32 Å². The van der Waals surface area contributed by atoms with Gasteiger partial charge in [0.05, 0.1) is 18.8 Å². The van der Waals surface area contributed by atoms with E-state index >= 15 is 0 Å². The molecule has 0 amide bonds. The van der Waals surface area contributed by atoms with Crippen molar-refractivity contribution in [1.29, 1.82) is 0 Å². The van der Waals surface area contributed by atoms with E-state index in [1.54, 1.807) is 23.1 Å². The maximum Gasteiger partial charge on any atom is 0.165 e. The zero-order valence-electron chi connectivity index (χ0n) is 8.37. The van der Waals surface area contributed by atoms with Crippen LogP contribution in [-0.4, -0.2) is 32.0 Å². The number of benzene rings is 1. The second-order valence-electron chi connectivity index (χ2n) is 3.59. The van der Waals surface area contributed by atoms with E-state index in [1.807, 2.05) is 0 Å². The molecule has 3 nitrogen and oxygen atoms in total. The van der Waals surface area contributed by atoms with Crippen molar-refractivity contribution in [3.05, 3.63) is 30.1 Å². The van der Waals surface area contributed by atoms with Gasteiger partial charge in [-0.2, -0.15) is 0 Å². The number of para-hydroxylation sites is 1. The lowest BCUT2D eigenvalue weighted by atomic mass is 10.2. The number of carbonyl (C=O) groups excluding carboxylic acids is 1. The van der Waals surface area contributed by atoms with Crippen molar-refractivity contribution in [2.75, 3.05) is 31.1 Å². The largest absolute Gasteiger partial charge is 0.361 e. The van der Waals surface area contributed by atoms with Crippen LogP contribution >= 0.6 is 0 Å². The number of hydrogen-bond acceptors (Lipinski definition) is 3. The summed E-state index contributed by atoms with van der Waals surface area (Å²) in [6.45, 7) is 2.03. The van der Waals surface area contributed by atoms with Crippen molar-refractivity contribution >= 4 is 11.5 Å². The SMILES string of the molecule is O=C1CNCCN(c2ccccc2F)C1. The Bertz CT molecular complexity index is 367. The number of rotatable bonds is 1. The molecule has 1 aromatic carbocycles. The Hall–Kier alpha value is -1.42. The molecular formula is C11H13FN2O. The Balaban J connectivity index is 2.22. The molecule has 0 bridgehead atoms. The highest BCUT2D eigenvalue weighted by atomic mass is 19.1. The van der Waals surface area contributed by atoms with Crippen LogP contribution in [0.4, 0.5) is 10.1 Å². The Morgan fingerprint density at radius 3 is 2.93 bits per heavy atom. The molecule has 1 aromatic rings. The summed E-state index contributed by atoms with van der Waals surface area (Å²) in [5.74, 6) is -0.178. The quantitative estimate of drug-likeness (QED) is 0.741. The molecule has 1 fully saturated rings. The molecule has 2 rings (SSSR count). The van der Waals surface area contributed by atoms with Gasteiger partial charge < -0.3 is 10.2 Å². The second-order valence-corrected chi connectivity index (χ2v) is 3.59. The minimum atomic E-state index is -0.271. The fourth-order valence-corrected chi connectivity index (χ4v) is 1.70. The number of anilines is 1. The van der Waals surface area contributed by atoms with Crippen molar-refractivity contribution in [2.45, 2.75) is 0 Å². The van der Waals surface area contributed by atoms with Crippen molar-refractivity contribution in [2.24, 2.45) is 0 Å². The van der Waals surface area contributed by atoms with Gasteiger partial charge in [0.2, 0.25) is 0 Å². The molecule has 1 aliphatic rings. The summed E-state index contributed by atoms with van der Waals surface area (Å²) in [4.78, 5) is 13.1. The summed E-state index contributed by atoms with van der Waals surface area (Å²) in [5, 5.41) is 3.00. The summed E-state index contributed by atoms with van der Waals surface area (Å²) in [6.07, 6.45) is 0. The van der Waals surface area contributed by atoms with Crippen LogP contribution in [-0.2, 0) is 4.79 Å². The van der Waals surface area contributed by atoms with Crippen LogP contribution in [0, 0.1) is 5.82 Å². The standard InChI is InChI=1S/C11H13FN2O/c12-10-3-1-2-4-11(10)14-6-5-13-7-9(15)8-14/h1-4,13H,5-8H2. The lowest BCUT2D eigenvalue weighted by Gasteiger charge is -2.21. The second kappa shape index (κ2) is 4.40. The number of carbonyl (C=O) groups is 1. The molecule has 0 spiro atoms. The molecule has 0 aromatic heterocycles. The number of hydrogen-bond donors (Lipinski definition) is 1. The van der Waals surface area contributed by atoms with E-state index in [0.29, 0.717) is 25.3 Å². The lowest BCUT2D eigenvalue weighted by molar-refractivity contribution is -0.116. The first-order valence-corrected chi connectivity index (χ1v) is 4.99. The van der Waals surface area contributed by atoms with E-state index < -0.39 is 0 Å². The first-order valence-electron chi connectivity index (χ1n) is 4.99. The van der Waals surface area contributed by atoms with Crippen molar-refractivity contribution in [3.8, 4) is 0 Å². The third-order valence-electron chi connectivity index (χ3n) is 2.44. The van der Waals surface area contributed by atoms with Gasteiger partial charge in [0.15, 0.2) is 5.78 Å². The molecule has 15 heavy (non-hydrogen) atoms.